The van der Waals surface area contributed by atoms with Gasteiger partial charge in [0, 0.05) is 37.9 Å². The van der Waals surface area contributed by atoms with Crippen molar-refractivity contribution in [3.05, 3.63) is 46.7 Å². The largest absolute Gasteiger partial charge is 0.480 e. The summed E-state index contributed by atoms with van der Waals surface area (Å²) in [6.45, 7) is 5.04. The third kappa shape index (κ3) is 6.63. The van der Waals surface area contributed by atoms with E-state index < -0.39 is 24.0 Å². The van der Waals surface area contributed by atoms with Gasteiger partial charge in [-0.2, -0.15) is 0 Å². The molecule has 2 amide bonds. The Morgan fingerprint density at radius 1 is 1.25 bits per heavy atom. The maximum Gasteiger partial charge on any atom is 0.326 e. The molecule has 0 fully saturated rings. The molecule has 36 heavy (non-hydrogen) atoms. The summed E-state index contributed by atoms with van der Waals surface area (Å²) in [5.74, 6) is -1.41. The molecule has 0 saturated carbocycles. The van der Waals surface area contributed by atoms with E-state index in [2.05, 4.69) is 10.6 Å². The quantitative estimate of drug-likeness (QED) is 0.114. The number of nitrogens with zero attached hydrogens (tertiary/aromatic N) is 1. The fraction of sp³-hybridized carbons (Fsp3) is 0.440. The van der Waals surface area contributed by atoms with Crippen molar-refractivity contribution in [2.24, 2.45) is 11.5 Å². The van der Waals surface area contributed by atoms with Crippen molar-refractivity contribution in [2.45, 2.75) is 51.6 Å². The zero-order chi connectivity index (χ0) is 26.4. The Morgan fingerprint density at radius 3 is 2.64 bits per heavy atom. The smallest absolute Gasteiger partial charge is 0.326 e. The first-order valence-electron chi connectivity index (χ1n) is 11.9. The zero-order valence-electron chi connectivity index (χ0n) is 20.6. The Bertz CT molecular complexity index is 1190. The van der Waals surface area contributed by atoms with Gasteiger partial charge in [-0.05, 0) is 37.8 Å². The Balaban J connectivity index is 1.43. The third-order valence-corrected chi connectivity index (χ3v) is 6.32. The molecule has 194 valence electrons. The van der Waals surface area contributed by atoms with E-state index in [0.29, 0.717) is 31.7 Å². The fourth-order valence-electron chi connectivity index (χ4n) is 4.19. The van der Waals surface area contributed by atoms with Crippen molar-refractivity contribution in [1.29, 1.82) is 5.41 Å². The molecule has 0 saturated heterocycles. The lowest BCUT2D eigenvalue weighted by atomic mass is 10.1. The van der Waals surface area contributed by atoms with E-state index in [9.17, 15) is 19.5 Å². The third-order valence-electron chi connectivity index (χ3n) is 6.32. The van der Waals surface area contributed by atoms with Crippen LogP contribution in [0.25, 0.3) is 11.0 Å². The van der Waals surface area contributed by atoms with Crippen LogP contribution in [0.4, 0.5) is 0 Å². The van der Waals surface area contributed by atoms with E-state index in [1.165, 1.54) is 0 Å². The van der Waals surface area contributed by atoms with Crippen LogP contribution in [-0.4, -0.2) is 65.5 Å². The van der Waals surface area contributed by atoms with Gasteiger partial charge in [-0.25, -0.2) is 4.79 Å². The molecule has 0 bridgehead atoms. The SMILES string of the molecule is Cc1c(CC(NC(=O)CCCNC(=O)C(N)CC2=CCN(C(=N)N)C2)C(=O)O)oc2c(C)cccc12. The monoisotopic (exact) mass is 498 g/mol. The summed E-state index contributed by atoms with van der Waals surface area (Å²) in [4.78, 5) is 38.1. The van der Waals surface area contributed by atoms with Gasteiger partial charge in [-0.15, -0.1) is 0 Å². The number of nitrogens with two attached hydrogens (primary N) is 2. The Hall–Kier alpha value is -3.86. The first kappa shape index (κ1) is 26.7. The van der Waals surface area contributed by atoms with Crippen molar-refractivity contribution in [3.63, 3.8) is 0 Å². The molecule has 0 aliphatic carbocycles. The number of hydrogen-bond donors (Lipinski definition) is 6. The van der Waals surface area contributed by atoms with Gasteiger partial charge in [0.25, 0.3) is 0 Å². The summed E-state index contributed by atoms with van der Waals surface area (Å²) < 4.78 is 5.91. The van der Waals surface area contributed by atoms with Gasteiger partial charge in [0.15, 0.2) is 5.96 Å². The predicted octanol–water partition coefficient (Wildman–Crippen LogP) is 0.911. The number of para-hydroxylation sites is 1. The summed E-state index contributed by atoms with van der Waals surface area (Å²) in [7, 11) is 0. The highest BCUT2D eigenvalue weighted by Crippen LogP contribution is 2.28. The van der Waals surface area contributed by atoms with Crippen LogP contribution >= 0.6 is 0 Å². The fourth-order valence-corrected chi connectivity index (χ4v) is 4.19. The summed E-state index contributed by atoms with van der Waals surface area (Å²) in [5, 5.41) is 23.2. The van der Waals surface area contributed by atoms with Gasteiger partial charge in [0.2, 0.25) is 11.8 Å². The Kier molecular flexibility index (Phi) is 8.70. The molecule has 2 aromatic rings. The lowest BCUT2D eigenvalue weighted by Crippen LogP contribution is -2.43. The lowest BCUT2D eigenvalue weighted by molar-refractivity contribution is -0.141. The van der Waals surface area contributed by atoms with Gasteiger partial charge in [-0.3, -0.25) is 15.0 Å². The number of carboxylic acid groups (broad SMARTS) is 1. The molecule has 8 N–H and O–H groups in total. The number of guanidine groups is 1. The molecular formula is C25H34N6O5. The molecule has 1 aromatic carbocycles. The van der Waals surface area contributed by atoms with Gasteiger partial charge >= 0.3 is 5.97 Å². The van der Waals surface area contributed by atoms with Crippen LogP contribution in [0.2, 0.25) is 0 Å². The topological polar surface area (TPSA) is 188 Å². The highest BCUT2D eigenvalue weighted by Gasteiger charge is 2.24. The van der Waals surface area contributed by atoms with Crippen molar-refractivity contribution < 1.29 is 23.9 Å². The number of amides is 2. The highest BCUT2D eigenvalue weighted by molar-refractivity contribution is 5.86. The van der Waals surface area contributed by atoms with E-state index in [4.69, 9.17) is 21.3 Å². The molecule has 3 rings (SSSR count). The van der Waals surface area contributed by atoms with Crippen LogP contribution in [-0.2, 0) is 20.8 Å². The van der Waals surface area contributed by atoms with Crippen molar-refractivity contribution in [2.75, 3.05) is 19.6 Å². The zero-order valence-corrected chi connectivity index (χ0v) is 20.6. The molecule has 11 heteroatoms. The van der Waals surface area contributed by atoms with Crippen molar-refractivity contribution in [3.8, 4) is 0 Å². The van der Waals surface area contributed by atoms with Gasteiger partial charge in [0.05, 0.1) is 6.04 Å². The number of aryl methyl sites for hydroxylation is 2. The van der Waals surface area contributed by atoms with E-state index >= 15 is 0 Å². The van der Waals surface area contributed by atoms with Gasteiger partial charge < -0.3 is 36.5 Å². The average Bonchev–Trinajstić information content (AvgIpc) is 3.42. The van der Waals surface area contributed by atoms with Crippen LogP contribution in [0.1, 0.15) is 36.1 Å². The number of rotatable bonds is 11. The minimum absolute atomic E-state index is 0.0227. The lowest BCUT2D eigenvalue weighted by Gasteiger charge is -2.17. The predicted molar refractivity (Wildman–Crippen MR) is 135 cm³/mol. The minimum Gasteiger partial charge on any atom is -0.480 e. The number of benzene rings is 1. The maximum atomic E-state index is 12.4. The minimum atomic E-state index is -1.15. The highest BCUT2D eigenvalue weighted by atomic mass is 16.4. The molecule has 1 aromatic heterocycles. The second-order valence-corrected chi connectivity index (χ2v) is 9.10. The number of carboxylic acids is 1. The molecule has 0 spiro atoms. The van der Waals surface area contributed by atoms with Gasteiger partial charge in [0.1, 0.15) is 17.4 Å². The number of carbonyl (C=O) groups excluding carboxylic acids is 2. The molecule has 11 nitrogen and oxygen atoms in total. The molecule has 1 aliphatic rings. The second kappa shape index (κ2) is 11.7. The standard InChI is InChI=1S/C25H34N6O5/c1-14-5-3-6-17-15(2)20(36-22(14)17)12-19(24(34)35)30-21(32)7-4-9-29-23(33)18(26)11-16-8-10-31(13-16)25(27)28/h3,5-6,8,18-19H,4,7,9-13,26H2,1-2H3,(H3,27,28)(H,29,33)(H,30,32)(H,34,35). The Labute approximate surface area is 209 Å². The molecule has 0 radical (unpaired) electrons. The van der Waals surface area contributed by atoms with Crippen molar-refractivity contribution >= 4 is 34.7 Å². The number of carbonyl (C=O) groups is 3. The number of nitrogens with one attached hydrogen (secondary N) is 3. The molecule has 2 atom stereocenters. The van der Waals surface area contributed by atoms with Crippen LogP contribution in [0.15, 0.2) is 34.3 Å². The van der Waals surface area contributed by atoms with Crippen LogP contribution < -0.4 is 22.1 Å². The molecule has 2 heterocycles. The van der Waals surface area contributed by atoms with Crippen LogP contribution in [0.3, 0.4) is 0 Å². The molecular weight excluding hydrogens is 464 g/mol. The van der Waals surface area contributed by atoms with Crippen molar-refractivity contribution in [1.82, 2.24) is 15.5 Å². The van der Waals surface area contributed by atoms with E-state index in [1.807, 2.05) is 38.1 Å². The summed E-state index contributed by atoms with van der Waals surface area (Å²) in [5.41, 5.74) is 14.9. The van der Waals surface area contributed by atoms with Crippen LogP contribution in [0, 0.1) is 19.3 Å². The van der Waals surface area contributed by atoms with Crippen LogP contribution in [0.5, 0.6) is 0 Å². The number of fused-ring (bicyclic) bond motifs is 1. The first-order valence-corrected chi connectivity index (χ1v) is 11.9. The van der Waals surface area contributed by atoms with E-state index in [1.54, 1.807) is 4.90 Å². The number of aliphatic carboxylic acids is 1. The van der Waals surface area contributed by atoms with E-state index in [0.717, 1.165) is 27.7 Å². The van der Waals surface area contributed by atoms with Gasteiger partial charge in [-0.1, -0.05) is 29.8 Å². The number of furan rings is 1. The summed E-state index contributed by atoms with van der Waals surface area (Å²) in [6.07, 6.45) is 2.68. The van der Waals surface area contributed by atoms with E-state index in [-0.39, 0.29) is 31.3 Å². The maximum absolute atomic E-state index is 12.4. The first-order chi connectivity index (χ1) is 17.1. The normalized spacial score (nSPS) is 14.9. The number of hydrogen-bond acceptors (Lipinski definition) is 6. The second-order valence-electron chi connectivity index (χ2n) is 9.10. The summed E-state index contributed by atoms with van der Waals surface area (Å²) in [6, 6.07) is 3.88. The summed E-state index contributed by atoms with van der Waals surface area (Å²) >= 11 is 0. The molecule has 1 aliphatic heterocycles. The average molecular weight is 499 g/mol. The molecule has 2 unspecified atom stereocenters. The Morgan fingerprint density at radius 2 is 2.00 bits per heavy atom.